The van der Waals surface area contributed by atoms with Crippen molar-refractivity contribution in [3.05, 3.63) is 90.0 Å². The third-order valence-corrected chi connectivity index (χ3v) is 8.15. The lowest BCUT2D eigenvalue weighted by molar-refractivity contribution is 0.0341. The monoisotopic (exact) mass is 537 g/mol. The van der Waals surface area contributed by atoms with Crippen molar-refractivity contribution in [2.75, 3.05) is 31.5 Å². The third-order valence-electron chi connectivity index (χ3n) is 6.76. The number of hydrogen-bond donors (Lipinski definition) is 2. The van der Waals surface area contributed by atoms with Gasteiger partial charge in [-0.25, -0.2) is 8.42 Å². The van der Waals surface area contributed by atoms with Gasteiger partial charge in [0.15, 0.2) is 0 Å². The van der Waals surface area contributed by atoms with Gasteiger partial charge >= 0.3 is 0 Å². The van der Waals surface area contributed by atoms with Gasteiger partial charge in [-0.2, -0.15) is 0 Å². The fourth-order valence-corrected chi connectivity index (χ4v) is 5.66. The van der Waals surface area contributed by atoms with E-state index < -0.39 is 16.1 Å². The molecule has 0 aliphatic carbocycles. The predicted octanol–water partition coefficient (Wildman–Crippen LogP) is 3.84. The number of hydrogen-bond acceptors (Lipinski definition) is 6. The molecule has 1 amide bonds. The Bertz CT molecular complexity index is 1330. The van der Waals surface area contributed by atoms with E-state index >= 15 is 0 Å². The van der Waals surface area contributed by atoms with E-state index in [1.54, 1.807) is 42.2 Å². The van der Waals surface area contributed by atoms with Crippen molar-refractivity contribution in [1.29, 1.82) is 0 Å². The van der Waals surface area contributed by atoms with Crippen molar-refractivity contribution in [2.45, 2.75) is 37.4 Å². The topological polar surface area (TPSA) is 99.2 Å². The van der Waals surface area contributed by atoms with E-state index in [1.807, 2.05) is 32.2 Å². The molecule has 0 spiro atoms. The molecule has 38 heavy (non-hydrogen) atoms. The summed E-state index contributed by atoms with van der Waals surface area (Å²) in [5, 5.41) is 9.89. The van der Waals surface area contributed by atoms with Gasteiger partial charge in [0.05, 0.1) is 23.1 Å². The molecule has 1 heterocycles. The molecular weight excluding hydrogens is 502 g/mol. The summed E-state index contributed by atoms with van der Waals surface area (Å²) in [7, 11) is -1.80. The fourth-order valence-electron chi connectivity index (χ4n) is 4.58. The highest BCUT2D eigenvalue weighted by Crippen LogP contribution is 2.31. The summed E-state index contributed by atoms with van der Waals surface area (Å²) < 4.78 is 34.8. The number of aliphatic hydroxyl groups is 1. The number of fused-ring (bicyclic) bond motifs is 1. The van der Waals surface area contributed by atoms with Crippen molar-refractivity contribution in [2.24, 2.45) is 5.92 Å². The Morgan fingerprint density at radius 1 is 1.08 bits per heavy atom. The minimum Gasteiger partial charge on any atom is -0.488 e. The number of likely N-dealkylation sites (N-methyl/N-ethyl adjacent to an activating group) is 1. The normalized spacial score (nSPS) is 18.8. The number of nitrogens with one attached hydrogen (secondary N) is 1. The molecule has 3 atom stereocenters. The first-order chi connectivity index (χ1) is 18.2. The lowest BCUT2D eigenvalue weighted by Gasteiger charge is -2.38. The molecule has 0 saturated carbocycles. The largest absolute Gasteiger partial charge is 0.488 e. The van der Waals surface area contributed by atoms with Crippen LogP contribution in [0.5, 0.6) is 5.75 Å². The fraction of sp³-hybridized carbons (Fsp3) is 0.345. The first-order valence-corrected chi connectivity index (χ1v) is 14.2. The number of aliphatic hydroxyl groups excluding tert-OH is 1. The van der Waals surface area contributed by atoms with Crippen LogP contribution in [0, 0.1) is 5.92 Å². The summed E-state index contributed by atoms with van der Waals surface area (Å²) in [4.78, 5) is 17.6. The van der Waals surface area contributed by atoms with Crippen LogP contribution in [0.3, 0.4) is 0 Å². The highest BCUT2D eigenvalue weighted by Gasteiger charge is 2.33. The molecule has 0 fully saturated rings. The quantitative estimate of drug-likeness (QED) is 0.430. The molecule has 4 rings (SSSR count). The maximum absolute atomic E-state index is 13.6. The third kappa shape index (κ3) is 6.53. The lowest BCUT2D eigenvalue weighted by Crippen LogP contribution is -2.49. The van der Waals surface area contributed by atoms with Crippen LogP contribution in [-0.2, 0) is 16.6 Å². The van der Waals surface area contributed by atoms with Crippen molar-refractivity contribution < 1.29 is 23.1 Å². The molecule has 0 radical (unpaired) electrons. The average Bonchev–Trinajstić information content (AvgIpc) is 2.91. The maximum Gasteiger partial charge on any atom is 0.261 e. The molecule has 1 aliphatic rings. The summed E-state index contributed by atoms with van der Waals surface area (Å²) in [6.45, 7) is 5.41. The van der Waals surface area contributed by atoms with E-state index in [0.29, 0.717) is 18.8 Å². The van der Waals surface area contributed by atoms with E-state index in [9.17, 15) is 18.3 Å². The Hall–Kier alpha value is -3.40. The van der Waals surface area contributed by atoms with E-state index in [4.69, 9.17) is 4.74 Å². The molecule has 3 aromatic carbocycles. The molecule has 0 unspecified atom stereocenters. The average molecular weight is 538 g/mol. The number of amides is 1. The zero-order valence-electron chi connectivity index (χ0n) is 21.9. The zero-order valence-corrected chi connectivity index (χ0v) is 22.8. The predicted molar refractivity (Wildman–Crippen MR) is 148 cm³/mol. The van der Waals surface area contributed by atoms with Gasteiger partial charge in [-0.3, -0.25) is 14.4 Å². The summed E-state index contributed by atoms with van der Waals surface area (Å²) in [5.74, 6) is 0.0540. The van der Waals surface area contributed by atoms with Gasteiger partial charge in [0.25, 0.3) is 15.9 Å². The summed E-state index contributed by atoms with van der Waals surface area (Å²) in [6.07, 6.45) is -0.240. The number of ether oxygens (including phenoxy) is 1. The first kappa shape index (κ1) is 27.6. The van der Waals surface area contributed by atoms with Gasteiger partial charge in [0.2, 0.25) is 0 Å². The second-order valence-corrected chi connectivity index (χ2v) is 11.6. The Balaban J connectivity index is 1.63. The van der Waals surface area contributed by atoms with Crippen LogP contribution < -0.4 is 9.46 Å². The highest BCUT2D eigenvalue weighted by atomic mass is 32.2. The minimum atomic E-state index is -3.84. The lowest BCUT2D eigenvalue weighted by atomic mass is 9.99. The number of carbonyl (C=O) groups excluding carboxylic acids is 1. The van der Waals surface area contributed by atoms with Crippen LogP contribution in [0.4, 0.5) is 5.69 Å². The van der Waals surface area contributed by atoms with Gasteiger partial charge < -0.3 is 14.7 Å². The van der Waals surface area contributed by atoms with Gasteiger partial charge in [0.1, 0.15) is 11.9 Å². The smallest absolute Gasteiger partial charge is 0.261 e. The number of anilines is 1. The molecule has 202 valence electrons. The number of carbonyl (C=O) groups is 1. The van der Waals surface area contributed by atoms with Crippen molar-refractivity contribution in [3.63, 3.8) is 0 Å². The SMILES string of the molecule is C[C@H](CO)N1C[C@H](C)[C@@H](CN(C)Cc2ccccc2)Oc2ccc(NS(=O)(=O)c3ccccc3)cc2C1=O. The minimum absolute atomic E-state index is 0.0180. The Morgan fingerprint density at radius 2 is 1.74 bits per heavy atom. The van der Waals surface area contributed by atoms with E-state index in [2.05, 4.69) is 21.8 Å². The molecule has 3 aromatic rings. The molecule has 8 nitrogen and oxygen atoms in total. The van der Waals surface area contributed by atoms with E-state index in [-0.39, 0.29) is 40.7 Å². The number of nitrogens with zero attached hydrogens (tertiary/aromatic N) is 2. The highest BCUT2D eigenvalue weighted by molar-refractivity contribution is 7.92. The Labute approximate surface area is 224 Å². The van der Waals surface area contributed by atoms with Crippen LogP contribution in [0.15, 0.2) is 83.8 Å². The standard InChI is InChI=1S/C29H35N3O5S/c1-21-17-32(22(2)20-33)29(34)26-16-24(30-38(35,36)25-12-8-5-9-13-25)14-15-27(26)37-28(21)19-31(3)18-23-10-6-4-7-11-23/h4-16,21-22,28,30,33H,17-20H2,1-3H3/t21-,22+,28+/m0/s1. The van der Waals surface area contributed by atoms with Gasteiger partial charge in [-0.05, 0) is 49.9 Å². The molecule has 2 N–H and O–H groups in total. The van der Waals surface area contributed by atoms with Gasteiger partial charge in [-0.15, -0.1) is 0 Å². The molecule has 1 aliphatic heterocycles. The van der Waals surface area contributed by atoms with Crippen molar-refractivity contribution in [1.82, 2.24) is 9.80 Å². The molecule has 9 heteroatoms. The van der Waals surface area contributed by atoms with Crippen molar-refractivity contribution >= 4 is 21.6 Å². The van der Waals surface area contributed by atoms with Crippen LogP contribution in [0.1, 0.15) is 29.8 Å². The van der Waals surface area contributed by atoms with Gasteiger partial charge in [0, 0.05) is 31.2 Å². The molecule has 0 aromatic heterocycles. The van der Waals surface area contributed by atoms with Crippen LogP contribution >= 0.6 is 0 Å². The summed E-state index contributed by atoms with van der Waals surface area (Å²) in [6, 6.07) is 22.6. The molecule has 0 saturated heterocycles. The molecule has 0 bridgehead atoms. The second-order valence-electron chi connectivity index (χ2n) is 9.93. The maximum atomic E-state index is 13.6. The molecular formula is C29H35N3O5S. The van der Waals surface area contributed by atoms with Crippen LogP contribution in [-0.4, -0.2) is 68.1 Å². The Kier molecular flexibility index (Phi) is 8.71. The number of sulfonamides is 1. The number of benzene rings is 3. The summed E-state index contributed by atoms with van der Waals surface area (Å²) in [5.41, 5.74) is 1.70. The van der Waals surface area contributed by atoms with Crippen LogP contribution in [0.25, 0.3) is 0 Å². The summed E-state index contributed by atoms with van der Waals surface area (Å²) >= 11 is 0. The van der Waals surface area contributed by atoms with Crippen molar-refractivity contribution in [3.8, 4) is 5.75 Å². The van der Waals surface area contributed by atoms with Gasteiger partial charge in [-0.1, -0.05) is 55.5 Å². The second kappa shape index (κ2) is 12.0. The first-order valence-electron chi connectivity index (χ1n) is 12.7. The zero-order chi connectivity index (χ0) is 27.3. The number of rotatable bonds is 9. The Morgan fingerprint density at radius 3 is 2.39 bits per heavy atom. The van der Waals surface area contributed by atoms with E-state index in [1.165, 1.54) is 23.8 Å². The van der Waals surface area contributed by atoms with E-state index in [0.717, 1.165) is 6.54 Å². The van der Waals surface area contributed by atoms with Crippen LogP contribution in [0.2, 0.25) is 0 Å².